The van der Waals surface area contributed by atoms with Crippen molar-refractivity contribution in [3.63, 3.8) is 0 Å². The van der Waals surface area contributed by atoms with E-state index in [0.717, 1.165) is 0 Å². The lowest BCUT2D eigenvalue weighted by Gasteiger charge is -2.10. The normalized spacial score (nSPS) is 10.1. The van der Waals surface area contributed by atoms with E-state index in [4.69, 9.17) is 0 Å². The molecule has 0 aromatic heterocycles. The van der Waals surface area contributed by atoms with Gasteiger partial charge in [0.1, 0.15) is 15.9 Å². The van der Waals surface area contributed by atoms with Crippen LogP contribution < -0.4 is 22.1 Å². The maximum atomic E-state index is 2.24. The lowest BCUT2D eigenvalue weighted by molar-refractivity contribution is 1.74. The van der Waals surface area contributed by atoms with E-state index in [1.54, 1.807) is 0 Å². The highest BCUT2D eigenvalue weighted by Crippen LogP contribution is 2.32. The Morgan fingerprint density at radius 3 is 0.900 bits per heavy atom. The lowest BCUT2D eigenvalue weighted by Crippen LogP contribution is -2.20. The standard InChI is InChI=1S/C18H15P.H3N/c1-4-10-16(11-5-1)19(17-12-6-2-7-13-17)18-14-8-3-9-15-18;/h1-15H;1H3/p+1. The van der Waals surface area contributed by atoms with E-state index in [9.17, 15) is 0 Å². The third-order valence-corrected chi connectivity index (χ3v) is 5.92. The molecule has 0 radical (unpaired) electrons. The van der Waals surface area contributed by atoms with Gasteiger partial charge in [0, 0.05) is 0 Å². The molecule has 0 bridgehead atoms. The second-order valence-corrected chi connectivity index (χ2v) is 6.96. The van der Waals surface area contributed by atoms with E-state index >= 15 is 0 Å². The van der Waals surface area contributed by atoms with Gasteiger partial charge in [0.25, 0.3) is 0 Å². The molecule has 3 rings (SSSR count). The number of benzene rings is 3. The van der Waals surface area contributed by atoms with E-state index in [2.05, 4.69) is 91.0 Å². The molecule has 3 aromatic carbocycles. The van der Waals surface area contributed by atoms with Crippen molar-refractivity contribution in [2.75, 3.05) is 0 Å². The molecule has 0 fully saturated rings. The molecule has 1 nitrogen and oxygen atoms in total. The fourth-order valence-electron chi connectivity index (χ4n) is 2.31. The second-order valence-electron chi connectivity index (χ2n) is 4.47. The molecule has 0 atom stereocenters. The molecule has 0 aliphatic rings. The number of hydrogen-bond donors (Lipinski definition) is 1. The van der Waals surface area contributed by atoms with Crippen LogP contribution in [0, 0.1) is 0 Å². The van der Waals surface area contributed by atoms with Crippen LogP contribution in [0.3, 0.4) is 0 Å². The number of hydrogen-bond acceptors (Lipinski definition) is 1. The highest BCUT2D eigenvalue weighted by atomic mass is 31.1. The van der Waals surface area contributed by atoms with Gasteiger partial charge in [-0.3, -0.25) is 0 Å². The van der Waals surface area contributed by atoms with Crippen LogP contribution in [0.15, 0.2) is 91.0 Å². The average Bonchev–Trinajstić information content (AvgIpc) is 2.51. The molecule has 20 heavy (non-hydrogen) atoms. The lowest BCUT2D eigenvalue weighted by atomic mass is 10.4. The smallest absolute Gasteiger partial charge is 0.102 e. The van der Waals surface area contributed by atoms with Crippen molar-refractivity contribution in [2.24, 2.45) is 0 Å². The van der Waals surface area contributed by atoms with Gasteiger partial charge in [0.15, 0.2) is 0 Å². The SMILES string of the molecule is N.c1ccc([PH+](c2ccccc2)c2ccccc2)cc1. The third kappa shape index (κ3) is 3.14. The Hall–Kier alpha value is -1.95. The molecule has 2 heteroatoms. The fraction of sp³-hybridized carbons (Fsp3) is 0. The first kappa shape index (κ1) is 14.5. The second kappa shape index (κ2) is 7.00. The minimum absolute atomic E-state index is 0. The zero-order chi connectivity index (χ0) is 12.9. The van der Waals surface area contributed by atoms with Crippen molar-refractivity contribution < 1.29 is 0 Å². The van der Waals surface area contributed by atoms with E-state index < -0.39 is 7.92 Å². The first-order valence-corrected chi connectivity index (χ1v) is 7.98. The Morgan fingerprint density at radius 1 is 0.400 bits per heavy atom. The Balaban J connectivity index is 0.00000147. The molecular formula is C18H19NP+. The van der Waals surface area contributed by atoms with Crippen LogP contribution in [0.2, 0.25) is 0 Å². The van der Waals surface area contributed by atoms with Crippen LogP contribution in [0.4, 0.5) is 0 Å². The molecule has 100 valence electrons. The van der Waals surface area contributed by atoms with E-state index in [1.807, 2.05) is 0 Å². The summed E-state index contributed by atoms with van der Waals surface area (Å²) in [4.78, 5) is 0. The molecular weight excluding hydrogens is 261 g/mol. The summed E-state index contributed by atoms with van der Waals surface area (Å²) in [5.41, 5.74) is 0. The molecule has 3 aromatic rings. The van der Waals surface area contributed by atoms with Gasteiger partial charge in [-0.05, 0) is 36.4 Å². The van der Waals surface area contributed by atoms with Crippen LogP contribution >= 0.6 is 7.92 Å². The Bertz CT molecular complexity index is 529. The van der Waals surface area contributed by atoms with Gasteiger partial charge in [0.2, 0.25) is 0 Å². The van der Waals surface area contributed by atoms with Crippen molar-refractivity contribution in [1.29, 1.82) is 0 Å². The monoisotopic (exact) mass is 280 g/mol. The van der Waals surface area contributed by atoms with Crippen molar-refractivity contribution in [2.45, 2.75) is 0 Å². The largest absolute Gasteiger partial charge is 0.344 e. The molecule has 0 aliphatic carbocycles. The molecule has 3 N–H and O–H groups in total. The van der Waals surface area contributed by atoms with Gasteiger partial charge in [-0.15, -0.1) is 0 Å². The third-order valence-electron chi connectivity index (χ3n) is 3.19. The Labute approximate surface area is 121 Å². The fourth-order valence-corrected chi connectivity index (χ4v) is 4.89. The van der Waals surface area contributed by atoms with E-state index in [1.165, 1.54) is 15.9 Å². The Morgan fingerprint density at radius 2 is 0.650 bits per heavy atom. The highest BCUT2D eigenvalue weighted by molar-refractivity contribution is 7.79. The molecule has 0 spiro atoms. The van der Waals surface area contributed by atoms with E-state index in [0.29, 0.717) is 0 Å². The van der Waals surface area contributed by atoms with Gasteiger partial charge in [0.05, 0.1) is 7.92 Å². The van der Waals surface area contributed by atoms with Crippen LogP contribution in [0.1, 0.15) is 0 Å². The van der Waals surface area contributed by atoms with Crippen LogP contribution in [-0.4, -0.2) is 0 Å². The summed E-state index contributed by atoms with van der Waals surface area (Å²) >= 11 is 0. The molecule has 0 amide bonds. The average molecular weight is 280 g/mol. The minimum atomic E-state index is -0.877. The highest BCUT2D eigenvalue weighted by Gasteiger charge is 2.24. The quantitative estimate of drug-likeness (QED) is 0.734. The van der Waals surface area contributed by atoms with Crippen LogP contribution in [-0.2, 0) is 0 Å². The summed E-state index contributed by atoms with van der Waals surface area (Å²) < 4.78 is 0. The molecule has 0 heterocycles. The number of rotatable bonds is 3. The van der Waals surface area contributed by atoms with Gasteiger partial charge in [-0.2, -0.15) is 0 Å². The topological polar surface area (TPSA) is 35.0 Å². The van der Waals surface area contributed by atoms with Gasteiger partial charge >= 0.3 is 0 Å². The van der Waals surface area contributed by atoms with Gasteiger partial charge < -0.3 is 6.15 Å². The summed E-state index contributed by atoms with van der Waals surface area (Å²) in [5.74, 6) is 0. The van der Waals surface area contributed by atoms with Crippen molar-refractivity contribution in [3.05, 3.63) is 91.0 Å². The zero-order valence-electron chi connectivity index (χ0n) is 11.4. The maximum Gasteiger partial charge on any atom is 0.102 e. The van der Waals surface area contributed by atoms with E-state index in [-0.39, 0.29) is 6.15 Å². The minimum Gasteiger partial charge on any atom is -0.344 e. The van der Waals surface area contributed by atoms with Gasteiger partial charge in [-0.25, -0.2) is 0 Å². The van der Waals surface area contributed by atoms with Crippen LogP contribution in [0.25, 0.3) is 0 Å². The van der Waals surface area contributed by atoms with Crippen molar-refractivity contribution in [1.82, 2.24) is 6.15 Å². The molecule has 0 aliphatic heterocycles. The molecule has 0 saturated carbocycles. The molecule has 0 unspecified atom stereocenters. The first-order chi connectivity index (χ1) is 9.45. The predicted octanol–water partition coefficient (Wildman–Crippen LogP) is 3.34. The summed E-state index contributed by atoms with van der Waals surface area (Å²) in [6.07, 6.45) is 0. The van der Waals surface area contributed by atoms with Crippen molar-refractivity contribution >= 4 is 23.8 Å². The summed E-state index contributed by atoms with van der Waals surface area (Å²) in [5, 5.41) is 4.31. The summed E-state index contributed by atoms with van der Waals surface area (Å²) in [6, 6.07) is 32.5. The van der Waals surface area contributed by atoms with Crippen molar-refractivity contribution in [3.8, 4) is 0 Å². The Kier molecular flexibility index (Phi) is 5.06. The molecule has 0 saturated heterocycles. The predicted molar refractivity (Wildman–Crippen MR) is 91.6 cm³/mol. The maximum absolute atomic E-state index is 2.24. The summed E-state index contributed by atoms with van der Waals surface area (Å²) in [7, 11) is -0.877. The zero-order valence-corrected chi connectivity index (χ0v) is 12.4. The van der Waals surface area contributed by atoms with Gasteiger partial charge in [-0.1, -0.05) is 54.6 Å². The first-order valence-electron chi connectivity index (χ1n) is 6.48. The summed E-state index contributed by atoms with van der Waals surface area (Å²) in [6.45, 7) is 0. The van der Waals surface area contributed by atoms with Crippen LogP contribution in [0.5, 0.6) is 0 Å².